The van der Waals surface area contributed by atoms with Crippen LogP contribution in [-0.2, 0) is 6.54 Å². The second-order valence-electron chi connectivity index (χ2n) is 4.99. The Morgan fingerprint density at radius 2 is 1.96 bits per heavy atom. The Morgan fingerprint density at radius 3 is 2.65 bits per heavy atom. The molecular weight excluding hydrogens is 391 g/mol. The Morgan fingerprint density at radius 1 is 1.13 bits per heavy atom. The molecule has 0 aliphatic carbocycles. The van der Waals surface area contributed by atoms with Crippen LogP contribution in [0.3, 0.4) is 0 Å². The molecule has 23 heavy (non-hydrogen) atoms. The molecule has 3 rings (SSSR count). The summed E-state index contributed by atoms with van der Waals surface area (Å²) in [7, 11) is 0. The Labute approximate surface area is 158 Å². The summed E-state index contributed by atoms with van der Waals surface area (Å²) in [6.07, 6.45) is 0. The second kappa shape index (κ2) is 7.51. The van der Waals surface area contributed by atoms with Gasteiger partial charge in [-0.1, -0.05) is 34.8 Å². The van der Waals surface area contributed by atoms with E-state index in [-0.39, 0.29) is 6.04 Å². The fraction of sp³-hybridized carbons (Fsp3) is 0.188. The molecule has 1 atom stereocenters. The van der Waals surface area contributed by atoms with Gasteiger partial charge in [0, 0.05) is 27.4 Å². The first-order chi connectivity index (χ1) is 11.0. The topological polar surface area (TPSA) is 24.9 Å². The van der Waals surface area contributed by atoms with E-state index in [9.17, 15) is 0 Å². The number of thiazole rings is 1. The van der Waals surface area contributed by atoms with Crippen LogP contribution in [0, 0.1) is 0 Å². The maximum Gasteiger partial charge on any atom is 0.110 e. The van der Waals surface area contributed by atoms with E-state index in [1.54, 1.807) is 28.7 Å². The van der Waals surface area contributed by atoms with Crippen molar-refractivity contribution < 1.29 is 0 Å². The van der Waals surface area contributed by atoms with E-state index < -0.39 is 0 Å². The summed E-state index contributed by atoms with van der Waals surface area (Å²) >= 11 is 21.6. The minimum atomic E-state index is 0.137. The minimum Gasteiger partial charge on any atom is -0.303 e. The number of nitrogens with one attached hydrogen (secondary N) is 1. The molecule has 0 amide bonds. The first-order valence-electron chi connectivity index (χ1n) is 6.90. The number of aromatic nitrogens is 1. The molecule has 1 N–H and O–H groups in total. The molecular formula is C16H13Cl3N2S2. The predicted molar refractivity (Wildman–Crippen MR) is 102 cm³/mol. The SMILES string of the molecule is CC(NCc1sccc1Cl)c1nc(-c2ccc(Cl)cc2Cl)cs1. The molecule has 2 heterocycles. The summed E-state index contributed by atoms with van der Waals surface area (Å²) < 4.78 is 0. The zero-order chi connectivity index (χ0) is 16.4. The zero-order valence-electron chi connectivity index (χ0n) is 12.1. The number of nitrogens with zero attached hydrogens (tertiary/aromatic N) is 1. The number of hydrogen-bond acceptors (Lipinski definition) is 4. The van der Waals surface area contributed by atoms with Crippen molar-refractivity contribution in [2.75, 3.05) is 0 Å². The van der Waals surface area contributed by atoms with Gasteiger partial charge in [0.15, 0.2) is 0 Å². The van der Waals surface area contributed by atoms with E-state index in [1.165, 1.54) is 0 Å². The number of thiophene rings is 1. The van der Waals surface area contributed by atoms with Crippen molar-refractivity contribution in [3.8, 4) is 11.3 Å². The molecule has 0 aliphatic heterocycles. The van der Waals surface area contributed by atoms with E-state index in [1.807, 2.05) is 29.0 Å². The van der Waals surface area contributed by atoms with Crippen LogP contribution in [-0.4, -0.2) is 4.98 Å². The lowest BCUT2D eigenvalue weighted by atomic mass is 10.2. The van der Waals surface area contributed by atoms with Gasteiger partial charge < -0.3 is 5.32 Å². The molecule has 0 saturated heterocycles. The van der Waals surface area contributed by atoms with Crippen LogP contribution in [0.4, 0.5) is 0 Å². The summed E-state index contributed by atoms with van der Waals surface area (Å²) in [5, 5.41) is 10.5. The summed E-state index contributed by atoms with van der Waals surface area (Å²) in [5.74, 6) is 0. The van der Waals surface area contributed by atoms with E-state index >= 15 is 0 Å². The highest BCUT2D eigenvalue weighted by atomic mass is 35.5. The maximum atomic E-state index is 6.25. The third-order valence-electron chi connectivity index (χ3n) is 3.36. The van der Waals surface area contributed by atoms with Crippen LogP contribution in [0.1, 0.15) is 22.9 Å². The highest BCUT2D eigenvalue weighted by Crippen LogP contribution is 2.32. The van der Waals surface area contributed by atoms with E-state index in [0.29, 0.717) is 10.0 Å². The van der Waals surface area contributed by atoms with E-state index in [0.717, 1.165) is 32.7 Å². The lowest BCUT2D eigenvalue weighted by Gasteiger charge is -2.10. The van der Waals surface area contributed by atoms with Gasteiger partial charge >= 0.3 is 0 Å². The lowest BCUT2D eigenvalue weighted by molar-refractivity contribution is 0.576. The molecule has 0 saturated carbocycles. The van der Waals surface area contributed by atoms with Gasteiger partial charge in [-0.25, -0.2) is 4.98 Å². The molecule has 120 valence electrons. The smallest absolute Gasteiger partial charge is 0.110 e. The van der Waals surface area contributed by atoms with Crippen LogP contribution in [0.5, 0.6) is 0 Å². The van der Waals surface area contributed by atoms with Crippen LogP contribution in [0.2, 0.25) is 15.1 Å². The van der Waals surface area contributed by atoms with E-state index in [2.05, 4.69) is 12.2 Å². The largest absolute Gasteiger partial charge is 0.303 e. The van der Waals surface area contributed by atoms with Gasteiger partial charge in [0.25, 0.3) is 0 Å². The number of hydrogen-bond donors (Lipinski definition) is 1. The Kier molecular flexibility index (Phi) is 5.62. The first kappa shape index (κ1) is 17.2. The number of halogens is 3. The number of benzene rings is 1. The normalized spacial score (nSPS) is 12.5. The van der Waals surface area contributed by atoms with E-state index in [4.69, 9.17) is 39.8 Å². The molecule has 0 bridgehead atoms. The predicted octanol–water partition coefficient (Wildman–Crippen LogP) is 6.68. The maximum absolute atomic E-state index is 6.25. The summed E-state index contributed by atoms with van der Waals surface area (Å²) in [5.41, 5.74) is 1.77. The van der Waals surface area contributed by atoms with Gasteiger partial charge in [-0.2, -0.15) is 0 Å². The molecule has 1 unspecified atom stereocenters. The van der Waals surface area contributed by atoms with Gasteiger partial charge in [0.05, 0.1) is 21.8 Å². The minimum absolute atomic E-state index is 0.137. The fourth-order valence-corrected chi connectivity index (χ4v) is 4.50. The molecule has 7 heteroatoms. The van der Waals surface area contributed by atoms with Crippen LogP contribution in [0.15, 0.2) is 35.0 Å². The standard InChI is InChI=1S/C16H13Cl3N2S2/c1-9(20-7-15-12(18)4-5-22-15)16-21-14(8-23-16)11-3-2-10(17)6-13(11)19/h2-6,8-9,20H,7H2,1H3. The van der Waals surface area contributed by atoms with Crippen molar-refractivity contribution in [3.05, 3.63) is 60.0 Å². The van der Waals surface area contributed by atoms with Gasteiger partial charge in [0.2, 0.25) is 0 Å². The molecule has 2 aromatic heterocycles. The van der Waals surface area contributed by atoms with Crippen molar-refractivity contribution >= 4 is 57.5 Å². The average Bonchev–Trinajstić information content (AvgIpc) is 3.14. The zero-order valence-corrected chi connectivity index (χ0v) is 16.0. The molecule has 2 nitrogen and oxygen atoms in total. The van der Waals surface area contributed by atoms with Gasteiger partial charge in [-0.15, -0.1) is 22.7 Å². The molecule has 0 radical (unpaired) electrons. The highest BCUT2D eigenvalue weighted by molar-refractivity contribution is 7.10. The van der Waals surface area contributed by atoms with Crippen LogP contribution >= 0.6 is 57.5 Å². The van der Waals surface area contributed by atoms with Crippen molar-refractivity contribution in [2.45, 2.75) is 19.5 Å². The lowest BCUT2D eigenvalue weighted by Crippen LogP contribution is -2.17. The van der Waals surface area contributed by atoms with Crippen molar-refractivity contribution in [2.24, 2.45) is 0 Å². The quantitative estimate of drug-likeness (QED) is 0.513. The van der Waals surface area contributed by atoms with Gasteiger partial charge in [-0.05, 0) is 36.6 Å². The summed E-state index contributed by atoms with van der Waals surface area (Å²) in [6.45, 7) is 2.82. The molecule has 3 aromatic rings. The Hall–Kier alpha value is -0.620. The highest BCUT2D eigenvalue weighted by Gasteiger charge is 2.14. The monoisotopic (exact) mass is 402 g/mol. The third kappa shape index (κ3) is 4.08. The summed E-state index contributed by atoms with van der Waals surface area (Å²) in [6, 6.07) is 7.50. The van der Waals surface area contributed by atoms with Gasteiger partial charge in [0.1, 0.15) is 5.01 Å². The van der Waals surface area contributed by atoms with Crippen LogP contribution in [0.25, 0.3) is 11.3 Å². The van der Waals surface area contributed by atoms with Crippen molar-refractivity contribution in [1.29, 1.82) is 0 Å². The summed E-state index contributed by atoms with van der Waals surface area (Å²) in [4.78, 5) is 5.83. The Bertz CT molecular complexity index is 813. The third-order valence-corrected chi connectivity index (χ3v) is 6.32. The Balaban J connectivity index is 1.72. The van der Waals surface area contributed by atoms with Crippen LogP contribution < -0.4 is 5.32 Å². The fourth-order valence-electron chi connectivity index (χ4n) is 2.09. The molecule has 0 fully saturated rings. The van der Waals surface area contributed by atoms with Crippen molar-refractivity contribution in [1.82, 2.24) is 10.3 Å². The first-order valence-corrected chi connectivity index (χ1v) is 9.80. The second-order valence-corrected chi connectivity index (χ2v) is 8.13. The van der Waals surface area contributed by atoms with Crippen molar-refractivity contribution in [3.63, 3.8) is 0 Å². The molecule has 0 aliphatic rings. The van der Waals surface area contributed by atoms with Gasteiger partial charge in [-0.3, -0.25) is 0 Å². The average molecular weight is 404 g/mol. The molecule has 1 aromatic carbocycles. The number of rotatable bonds is 5. The molecule has 0 spiro atoms.